The van der Waals surface area contributed by atoms with Crippen molar-refractivity contribution < 1.29 is 21.6 Å². The molecular formula is C8H10F3N3O2S. The number of nitrogens with zero attached hydrogens (tertiary/aromatic N) is 2. The fourth-order valence-corrected chi connectivity index (χ4v) is 3.03. The Morgan fingerprint density at radius 1 is 1.47 bits per heavy atom. The molecule has 0 radical (unpaired) electrons. The first-order valence-corrected chi connectivity index (χ1v) is 6.32. The quantitative estimate of drug-likeness (QED) is 0.891. The molecule has 2 rings (SSSR count). The van der Waals surface area contributed by atoms with Crippen molar-refractivity contribution in [1.29, 1.82) is 0 Å². The Kier molecular flexibility index (Phi) is 2.90. The molecule has 1 fully saturated rings. The summed E-state index contributed by atoms with van der Waals surface area (Å²) in [4.78, 5) is 5.82. The summed E-state index contributed by atoms with van der Waals surface area (Å²) in [6.45, 7) is -1.46. The molecule has 96 valence electrons. The third-order valence-corrected chi connectivity index (χ3v) is 4.17. The van der Waals surface area contributed by atoms with Crippen LogP contribution in [0.25, 0.3) is 0 Å². The van der Waals surface area contributed by atoms with Crippen LogP contribution < -0.4 is 0 Å². The number of aromatic amines is 1. The second kappa shape index (κ2) is 3.98. The average Bonchev–Trinajstić information content (AvgIpc) is 2.86. The summed E-state index contributed by atoms with van der Waals surface area (Å²) < 4.78 is 61.3. The minimum Gasteiger partial charge on any atom is -0.335 e. The van der Waals surface area contributed by atoms with E-state index < -0.39 is 28.8 Å². The maximum Gasteiger partial charge on any atom is 0.402 e. The van der Waals surface area contributed by atoms with Crippen LogP contribution in [-0.2, 0) is 10.0 Å². The highest BCUT2D eigenvalue weighted by Crippen LogP contribution is 2.34. The summed E-state index contributed by atoms with van der Waals surface area (Å²) in [6, 6.07) is -0.551. The Morgan fingerprint density at radius 3 is 2.53 bits per heavy atom. The van der Waals surface area contributed by atoms with Gasteiger partial charge in [0.05, 0.1) is 12.5 Å². The highest BCUT2D eigenvalue weighted by molar-refractivity contribution is 7.89. The first-order chi connectivity index (χ1) is 7.81. The van der Waals surface area contributed by atoms with E-state index >= 15 is 0 Å². The molecule has 0 aromatic carbocycles. The van der Waals surface area contributed by atoms with Gasteiger partial charge < -0.3 is 4.98 Å². The maximum atomic E-state index is 12.3. The predicted molar refractivity (Wildman–Crippen MR) is 51.6 cm³/mol. The molecule has 5 nitrogen and oxygen atoms in total. The van der Waals surface area contributed by atoms with E-state index in [2.05, 4.69) is 9.97 Å². The number of rotatable bonds is 4. The van der Waals surface area contributed by atoms with Gasteiger partial charge in [-0.2, -0.15) is 17.5 Å². The van der Waals surface area contributed by atoms with Gasteiger partial charge in [-0.05, 0) is 12.8 Å². The highest BCUT2D eigenvalue weighted by atomic mass is 32.2. The minimum atomic E-state index is -4.55. The van der Waals surface area contributed by atoms with Crippen LogP contribution in [0.5, 0.6) is 0 Å². The summed E-state index contributed by atoms with van der Waals surface area (Å²) in [5, 5.41) is -0.311. The normalized spacial score (nSPS) is 17.6. The number of aromatic nitrogens is 2. The number of alkyl halides is 3. The lowest BCUT2D eigenvalue weighted by Crippen LogP contribution is -2.40. The van der Waals surface area contributed by atoms with Crippen LogP contribution in [0.3, 0.4) is 0 Å². The summed E-state index contributed by atoms with van der Waals surface area (Å²) in [5.41, 5.74) is 0. The lowest BCUT2D eigenvalue weighted by Gasteiger charge is -2.22. The smallest absolute Gasteiger partial charge is 0.335 e. The molecule has 1 aliphatic rings. The molecule has 0 saturated heterocycles. The molecule has 1 N–H and O–H groups in total. The van der Waals surface area contributed by atoms with Gasteiger partial charge in [0.2, 0.25) is 0 Å². The van der Waals surface area contributed by atoms with Gasteiger partial charge in [-0.3, -0.25) is 0 Å². The predicted octanol–water partition coefficient (Wildman–Crippen LogP) is 1.13. The van der Waals surface area contributed by atoms with Crippen molar-refractivity contribution in [3.63, 3.8) is 0 Å². The largest absolute Gasteiger partial charge is 0.402 e. The lowest BCUT2D eigenvalue weighted by molar-refractivity contribution is -0.137. The van der Waals surface area contributed by atoms with Crippen LogP contribution in [-0.4, -0.2) is 41.5 Å². The fraction of sp³-hybridized carbons (Fsp3) is 0.625. The van der Waals surface area contributed by atoms with Crippen molar-refractivity contribution >= 4 is 10.0 Å². The molecule has 17 heavy (non-hydrogen) atoms. The standard InChI is InChI=1S/C8H10F3N3O2S/c9-8(10,11)4-14(6-1-2-6)17(15,16)7-3-12-5-13-7/h3,5-6H,1-2,4H2,(H,12,13). The van der Waals surface area contributed by atoms with Crippen LogP contribution in [0.1, 0.15) is 12.8 Å². The number of sulfonamides is 1. The van der Waals surface area contributed by atoms with Crippen molar-refractivity contribution in [3.05, 3.63) is 12.5 Å². The van der Waals surface area contributed by atoms with E-state index in [-0.39, 0.29) is 5.03 Å². The van der Waals surface area contributed by atoms with E-state index in [1.54, 1.807) is 0 Å². The van der Waals surface area contributed by atoms with Gasteiger partial charge in [-0.25, -0.2) is 13.4 Å². The van der Waals surface area contributed by atoms with Crippen molar-refractivity contribution in [2.75, 3.05) is 6.54 Å². The van der Waals surface area contributed by atoms with Crippen molar-refractivity contribution in [1.82, 2.24) is 14.3 Å². The zero-order valence-electron chi connectivity index (χ0n) is 8.61. The molecule has 1 saturated carbocycles. The number of hydrogen-bond donors (Lipinski definition) is 1. The molecule has 1 aromatic heterocycles. The third kappa shape index (κ3) is 2.78. The van der Waals surface area contributed by atoms with Crippen LogP contribution in [0, 0.1) is 0 Å². The minimum absolute atomic E-state index is 0.311. The second-order valence-electron chi connectivity index (χ2n) is 3.81. The average molecular weight is 269 g/mol. The van der Waals surface area contributed by atoms with E-state index in [1.165, 1.54) is 0 Å². The number of halogens is 3. The van der Waals surface area contributed by atoms with Crippen LogP contribution in [0.2, 0.25) is 0 Å². The molecule has 0 aliphatic heterocycles. The molecule has 1 aromatic rings. The highest BCUT2D eigenvalue weighted by Gasteiger charge is 2.45. The Hall–Kier alpha value is -1.09. The number of imidazole rings is 1. The molecule has 0 unspecified atom stereocenters. The lowest BCUT2D eigenvalue weighted by atomic mass is 10.6. The van der Waals surface area contributed by atoms with Gasteiger partial charge in [0.15, 0.2) is 5.03 Å². The first-order valence-electron chi connectivity index (χ1n) is 4.88. The van der Waals surface area contributed by atoms with Gasteiger partial charge >= 0.3 is 6.18 Å². The topological polar surface area (TPSA) is 66.1 Å². The van der Waals surface area contributed by atoms with Gasteiger partial charge in [-0.1, -0.05) is 0 Å². The Morgan fingerprint density at radius 2 is 2.12 bits per heavy atom. The van der Waals surface area contributed by atoms with E-state index in [0.29, 0.717) is 17.1 Å². The second-order valence-corrected chi connectivity index (χ2v) is 5.67. The third-order valence-electron chi connectivity index (χ3n) is 2.35. The molecular weight excluding hydrogens is 259 g/mol. The van der Waals surface area contributed by atoms with Crippen LogP contribution in [0.15, 0.2) is 17.6 Å². The van der Waals surface area contributed by atoms with Crippen LogP contribution >= 0.6 is 0 Å². The zero-order valence-corrected chi connectivity index (χ0v) is 9.42. The molecule has 0 bridgehead atoms. The Balaban J connectivity index is 2.28. The number of hydrogen-bond acceptors (Lipinski definition) is 3. The first kappa shape index (κ1) is 12.4. The molecule has 1 aliphatic carbocycles. The van der Waals surface area contributed by atoms with Crippen molar-refractivity contribution in [2.24, 2.45) is 0 Å². The van der Waals surface area contributed by atoms with E-state index in [0.717, 1.165) is 12.5 Å². The monoisotopic (exact) mass is 269 g/mol. The SMILES string of the molecule is O=S(=O)(c1cnc[nH]1)N(CC(F)(F)F)C1CC1. The van der Waals surface area contributed by atoms with Gasteiger partial charge in [0, 0.05) is 6.04 Å². The van der Waals surface area contributed by atoms with Gasteiger partial charge in [-0.15, -0.1) is 0 Å². The number of H-pyrrole nitrogens is 1. The Labute approximate surface area is 95.7 Å². The van der Waals surface area contributed by atoms with Gasteiger partial charge in [0.1, 0.15) is 6.54 Å². The Bertz CT molecular complexity index is 479. The number of nitrogens with one attached hydrogen (secondary N) is 1. The van der Waals surface area contributed by atoms with E-state index in [4.69, 9.17) is 0 Å². The van der Waals surface area contributed by atoms with Crippen molar-refractivity contribution in [3.8, 4) is 0 Å². The molecule has 0 spiro atoms. The maximum absolute atomic E-state index is 12.3. The fourth-order valence-electron chi connectivity index (χ4n) is 1.46. The van der Waals surface area contributed by atoms with E-state index in [1.807, 2.05) is 0 Å². The van der Waals surface area contributed by atoms with Crippen LogP contribution in [0.4, 0.5) is 13.2 Å². The summed E-state index contributed by atoms with van der Waals surface area (Å²) in [5.74, 6) is 0. The molecule has 0 amide bonds. The molecule has 9 heteroatoms. The summed E-state index contributed by atoms with van der Waals surface area (Å²) in [6.07, 6.45) is -1.50. The molecule has 1 heterocycles. The zero-order chi connectivity index (χ0) is 12.7. The van der Waals surface area contributed by atoms with Gasteiger partial charge in [0.25, 0.3) is 10.0 Å². The summed E-state index contributed by atoms with van der Waals surface area (Å²) in [7, 11) is -4.13. The van der Waals surface area contributed by atoms with E-state index in [9.17, 15) is 21.6 Å². The molecule has 0 atom stereocenters. The summed E-state index contributed by atoms with van der Waals surface area (Å²) >= 11 is 0. The van der Waals surface area contributed by atoms with Crippen molar-refractivity contribution in [2.45, 2.75) is 30.1 Å².